The molecule has 0 aliphatic heterocycles. The number of anilines is 1. The van der Waals surface area contributed by atoms with Gasteiger partial charge in [-0.25, -0.2) is 18.2 Å². The molecule has 0 radical (unpaired) electrons. The van der Waals surface area contributed by atoms with Crippen LogP contribution in [0, 0.1) is 0 Å². The Morgan fingerprint density at radius 3 is 2.18 bits per heavy atom. The predicted octanol–water partition coefficient (Wildman–Crippen LogP) is 9.69. The van der Waals surface area contributed by atoms with Gasteiger partial charge in [-0.2, -0.15) is 0 Å². The third kappa shape index (κ3) is 8.62. The summed E-state index contributed by atoms with van der Waals surface area (Å²) in [6.45, 7) is 0.499. The van der Waals surface area contributed by atoms with Crippen LogP contribution in [0.1, 0.15) is 27.3 Å². The second kappa shape index (κ2) is 15.0. The van der Waals surface area contributed by atoms with Crippen molar-refractivity contribution >= 4 is 57.0 Å². The monoisotopic (exact) mass is 723 g/mol. The Morgan fingerprint density at radius 1 is 0.840 bits per heavy atom. The van der Waals surface area contributed by atoms with Crippen LogP contribution in [-0.2, 0) is 21.3 Å². The molecule has 0 saturated carbocycles. The van der Waals surface area contributed by atoms with Crippen LogP contribution in [-0.4, -0.2) is 37.3 Å². The first-order valence-electron chi connectivity index (χ1n) is 15.4. The number of rotatable bonds is 11. The van der Waals surface area contributed by atoms with Crippen molar-refractivity contribution in [1.29, 1.82) is 0 Å². The molecule has 6 aromatic rings. The maximum Gasteiger partial charge on any atom is 0.337 e. The van der Waals surface area contributed by atoms with Gasteiger partial charge in [0.1, 0.15) is 17.3 Å². The average Bonchev–Trinajstić information content (AvgIpc) is 3.49. The lowest BCUT2D eigenvalue weighted by Crippen LogP contribution is -2.09. The number of ether oxygens (including phenoxy) is 2. The third-order valence-corrected chi connectivity index (χ3v) is 8.83. The summed E-state index contributed by atoms with van der Waals surface area (Å²) >= 11 is 12.7. The number of benzene rings is 5. The number of methoxy groups -OCH3 is 1. The first-order valence-corrected chi connectivity index (χ1v) is 18.0. The van der Waals surface area contributed by atoms with Gasteiger partial charge in [0.05, 0.1) is 29.6 Å². The zero-order chi connectivity index (χ0) is 35.3. The lowest BCUT2D eigenvalue weighted by molar-refractivity contribution is 0.0600. The van der Waals surface area contributed by atoms with Gasteiger partial charge in [0.25, 0.3) is 0 Å². The second-order valence-corrected chi connectivity index (χ2v) is 14.0. The van der Waals surface area contributed by atoms with Crippen molar-refractivity contribution in [3.05, 3.63) is 154 Å². The summed E-state index contributed by atoms with van der Waals surface area (Å²) in [6.07, 6.45) is 7.05. The molecule has 0 aliphatic carbocycles. The number of imidazole rings is 1. The Balaban J connectivity index is 1.26. The molecule has 0 amide bonds. The fraction of sp³-hybridized carbons (Fsp3) is 0.0769. The number of carbonyl (C=O) groups is 1. The fourth-order valence-corrected chi connectivity index (χ4v) is 6.36. The number of esters is 1. The Bertz CT molecular complexity index is 2280. The molecular formula is C39H31Cl2N3O5S. The molecule has 11 heteroatoms. The molecule has 0 spiro atoms. The maximum absolute atomic E-state index is 11.9. The zero-order valence-electron chi connectivity index (χ0n) is 27.0. The van der Waals surface area contributed by atoms with Crippen molar-refractivity contribution in [2.24, 2.45) is 0 Å². The minimum absolute atomic E-state index is 0.389. The number of nitrogens with zero attached hydrogens (tertiary/aromatic N) is 2. The summed E-state index contributed by atoms with van der Waals surface area (Å²) in [7, 11) is -2.00. The number of hydrogen-bond acceptors (Lipinski definition) is 6. The normalized spacial score (nSPS) is 11.4. The van der Waals surface area contributed by atoms with Crippen LogP contribution in [0.5, 0.6) is 11.5 Å². The van der Waals surface area contributed by atoms with Gasteiger partial charge >= 0.3 is 5.97 Å². The Hall–Kier alpha value is -5.35. The number of aromatic nitrogens is 2. The van der Waals surface area contributed by atoms with E-state index in [1.165, 1.54) is 7.11 Å². The molecule has 5 aromatic carbocycles. The van der Waals surface area contributed by atoms with Crippen LogP contribution in [0.2, 0.25) is 10.0 Å². The summed E-state index contributed by atoms with van der Waals surface area (Å²) in [4.78, 5) is 16.9. The molecular weight excluding hydrogens is 693 g/mol. The van der Waals surface area contributed by atoms with E-state index in [9.17, 15) is 13.2 Å². The van der Waals surface area contributed by atoms with Gasteiger partial charge in [-0.3, -0.25) is 4.72 Å². The van der Waals surface area contributed by atoms with Crippen LogP contribution in [0.4, 0.5) is 5.69 Å². The fourth-order valence-electron chi connectivity index (χ4n) is 5.29. The smallest absolute Gasteiger partial charge is 0.337 e. The molecule has 1 N–H and O–H groups in total. The van der Waals surface area contributed by atoms with Crippen LogP contribution in [0.15, 0.2) is 121 Å². The second-order valence-electron chi connectivity index (χ2n) is 11.4. The van der Waals surface area contributed by atoms with Gasteiger partial charge in [-0.15, -0.1) is 0 Å². The van der Waals surface area contributed by atoms with Gasteiger partial charge < -0.3 is 14.0 Å². The van der Waals surface area contributed by atoms with E-state index in [1.54, 1.807) is 48.5 Å². The van der Waals surface area contributed by atoms with E-state index in [1.807, 2.05) is 83.6 Å². The number of sulfonamides is 1. The molecule has 1 aromatic heterocycles. The summed E-state index contributed by atoms with van der Waals surface area (Å²) in [6, 6.07) is 35.1. The molecule has 0 bridgehead atoms. The van der Waals surface area contributed by atoms with Crippen molar-refractivity contribution in [1.82, 2.24) is 9.55 Å². The molecule has 0 unspecified atom stereocenters. The quantitative estimate of drug-likeness (QED) is 0.134. The molecule has 0 saturated heterocycles. The van der Waals surface area contributed by atoms with E-state index in [2.05, 4.69) is 10.8 Å². The lowest BCUT2D eigenvalue weighted by atomic mass is 9.99. The molecule has 0 fully saturated rings. The van der Waals surface area contributed by atoms with Gasteiger partial charge in [-0.1, -0.05) is 77.8 Å². The van der Waals surface area contributed by atoms with Crippen molar-refractivity contribution in [2.75, 3.05) is 18.1 Å². The Kier molecular flexibility index (Phi) is 10.4. The van der Waals surface area contributed by atoms with Crippen molar-refractivity contribution in [3.63, 3.8) is 0 Å². The van der Waals surface area contributed by atoms with Crippen molar-refractivity contribution < 1.29 is 22.7 Å². The third-order valence-electron chi connectivity index (χ3n) is 7.67. The van der Waals surface area contributed by atoms with Crippen LogP contribution in [0.25, 0.3) is 34.5 Å². The largest absolute Gasteiger partial charge is 0.465 e. The topological polar surface area (TPSA) is 99.5 Å². The van der Waals surface area contributed by atoms with Crippen LogP contribution in [0.3, 0.4) is 0 Å². The van der Waals surface area contributed by atoms with Gasteiger partial charge in [0, 0.05) is 29.0 Å². The minimum atomic E-state index is -3.36. The maximum atomic E-state index is 11.9. The highest BCUT2D eigenvalue weighted by molar-refractivity contribution is 7.92. The highest BCUT2D eigenvalue weighted by Crippen LogP contribution is 2.32. The summed E-state index contributed by atoms with van der Waals surface area (Å²) in [5.41, 5.74) is 6.36. The van der Waals surface area contributed by atoms with Crippen LogP contribution < -0.4 is 9.46 Å². The number of carbonyl (C=O) groups excluding carboxylic acids is 1. The van der Waals surface area contributed by atoms with E-state index >= 15 is 0 Å². The average molecular weight is 725 g/mol. The molecule has 0 atom stereocenters. The molecule has 8 nitrogen and oxygen atoms in total. The van der Waals surface area contributed by atoms with E-state index in [-0.39, 0.29) is 5.97 Å². The lowest BCUT2D eigenvalue weighted by Gasteiger charge is -2.10. The predicted molar refractivity (Wildman–Crippen MR) is 200 cm³/mol. The number of hydrogen-bond donors (Lipinski definition) is 1. The highest BCUT2D eigenvalue weighted by Gasteiger charge is 2.13. The molecule has 0 aliphatic rings. The van der Waals surface area contributed by atoms with E-state index in [4.69, 9.17) is 37.7 Å². The first kappa shape index (κ1) is 34.5. The van der Waals surface area contributed by atoms with Crippen LogP contribution >= 0.6 is 23.2 Å². The summed E-state index contributed by atoms with van der Waals surface area (Å²) in [5.74, 6) is 1.54. The molecule has 1 heterocycles. The van der Waals surface area contributed by atoms with Gasteiger partial charge in [0.2, 0.25) is 10.0 Å². The summed E-state index contributed by atoms with van der Waals surface area (Å²) < 4.78 is 38.3. The minimum Gasteiger partial charge on any atom is -0.465 e. The van der Waals surface area contributed by atoms with Gasteiger partial charge in [-0.05, 0) is 95.1 Å². The molecule has 50 heavy (non-hydrogen) atoms. The Morgan fingerprint density at radius 2 is 1.52 bits per heavy atom. The van der Waals surface area contributed by atoms with Crippen molar-refractivity contribution in [2.45, 2.75) is 6.54 Å². The van der Waals surface area contributed by atoms with Crippen molar-refractivity contribution in [3.8, 4) is 33.9 Å². The highest BCUT2D eigenvalue weighted by atomic mass is 35.5. The molecule has 6 rings (SSSR count). The number of nitrogens with one attached hydrogen (secondary N) is 1. The zero-order valence-corrected chi connectivity index (χ0v) is 29.3. The SMILES string of the molecule is COC(=O)c1ccc(Cn2cc(-c3ccc(Cl)cc3Cl)nc2C=Cc2ccccc2-c2ccc(Oc3ccc(NS(C)(=O)=O)cc3)cc2)cc1. The first-order chi connectivity index (χ1) is 24.0. The Labute approximate surface area is 300 Å². The summed E-state index contributed by atoms with van der Waals surface area (Å²) in [5, 5.41) is 1.04. The van der Waals surface area contributed by atoms with Gasteiger partial charge in [0.15, 0.2) is 0 Å². The number of halogens is 2. The molecule has 252 valence electrons. The van der Waals surface area contributed by atoms with E-state index in [0.717, 1.165) is 34.1 Å². The van der Waals surface area contributed by atoms with E-state index in [0.29, 0.717) is 50.9 Å². The standard InChI is InChI=1S/C39H31Cl2N3O5S/c1-48-39(45)29-9-7-26(8-10-29)24-44-25-37(35-21-14-30(40)23-36(35)41)42-38(44)22-13-27-5-3-4-6-34(27)28-11-17-32(18-12-28)49-33-19-15-31(16-20-33)43-50(2,46)47/h3-23,25,43H,24H2,1-2H3. The van der Waals surface area contributed by atoms with E-state index < -0.39 is 10.0 Å².